The van der Waals surface area contributed by atoms with Gasteiger partial charge < -0.3 is 14.9 Å². The first kappa shape index (κ1) is 20.4. The minimum atomic E-state index is -1.14. The minimum absolute atomic E-state index is 0.155. The fourth-order valence-electron chi connectivity index (χ4n) is 2.45. The molecule has 8 nitrogen and oxygen atoms in total. The monoisotopic (exact) mass is 376 g/mol. The zero-order valence-corrected chi connectivity index (χ0v) is 16.3. The van der Waals surface area contributed by atoms with Gasteiger partial charge in [-0.2, -0.15) is 0 Å². The van der Waals surface area contributed by atoms with Crippen molar-refractivity contribution in [2.45, 2.75) is 53.2 Å². The van der Waals surface area contributed by atoms with E-state index >= 15 is 0 Å². The molecule has 27 heavy (non-hydrogen) atoms. The van der Waals surface area contributed by atoms with E-state index in [0.29, 0.717) is 5.06 Å². The standard InChI is InChI=1S/C19H24N2O6/c1-18(2,3)13(20-17(25)26-19(4,5)6)16(24)27-21-14(22)11-9-7-8-10-12(11)15(21)23/h7-10,13H,1-6H3,(H,20,25)/t13-/m0/s1. The Morgan fingerprint density at radius 3 is 1.85 bits per heavy atom. The number of carbonyl (C=O) groups is 4. The summed E-state index contributed by atoms with van der Waals surface area (Å²) >= 11 is 0. The molecule has 0 fully saturated rings. The molecule has 2 rings (SSSR count). The van der Waals surface area contributed by atoms with Crippen molar-refractivity contribution in [1.29, 1.82) is 0 Å². The molecular formula is C19H24N2O6. The fraction of sp³-hybridized carbons (Fsp3) is 0.474. The van der Waals surface area contributed by atoms with Crippen molar-refractivity contribution < 1.29 is 28.8 Å². The number of nitrogens with zero attached hydrogens (tertiary/aromatic N) is 1. The highest BCUT2D eigenvalue weighted by Gasteiger charge is 2.42. The number of nitrogens with one attached hydrogen (secondary N) is 1. The molecule has 0 unspecified atom stereocenters. The number of alkyl carbamates (subject to hydrolysis) is 1. The van der Waals surface area contributed by atoms with E-state index in [9.17, 15) is 19.2 Å². The maximum Gasteiger partial charge on any atom is 0.408 e. The van der Waals surface area contributed by atoms with E-state index in [4.69, 9.17) is 9.57 Å². The number of fused-ring (bicyclic) bond motifs is 1. The van der Waals surface area contributed by atoms with Gasteiger partial charge in [0.1, 0.15) is 11.6 Å². The lowest BCUT2D eigenvalue weighted by Gasteiger charge is -2.31. The Labute approximate surface area is 157 Å². The highest BCUT2D eigenvalue weighted by atomic mass is 16.7. The van der Waals surface area contributed by atoms with E-state index in [2.05, 4.69) is 5.32 Å². The van der Waals surface area contributed by atoms with Gasteiger partial charge in [0.05, 0.1) is 11.1 Å². The third-order valence-corrected chi connectivity index (χ3v) is 3.70. The van der Waals surface area contributed by atoms with Gasteiger partial charge >= 0.3 is 12.1 Å². The summed E-state index contributed by atoms with van der Waals surface area (Å²) in [5.41, 5.74) is -1.20. The molecule has 146 valence electrons. The van der Waals surface area contributed by atoms with Crippen molar-refractivity contribution in [2.24, 2.45) is 5.41 Å². The first-order valence-electron chi connectivity index (χ1n) is 8.50. The Hall–Kier alpha value is -2.90. The Balaban J connectivity index is 2.17. The summed E-state index contributed by atoms with van der Waals surface area (Å²) in [6.45, 7) is 10.2. The van der Waals surface area contributed by atoms with Crippen LogP contribution in [0.25, 0.3) is 0 Å². The number of imide groups is 1. The lowest BCUT2D eigenvalue weighted by Crippen LogP contribution is -2.52. The molecule has 8 heteroatoms. The average molecular weight is 376 g/mol. The Bertz CT molecular complexity index is 753. The van der Waals surface area contributed by atoms with Gasteiger partial charge in [0.2, 0.25) is 0 Å². The highest BCUT2D eigenvalue weighted by Crippen LogP contribution is 2.26. The number of ether oxygens (including phenoxy) is 1. The van der Waals surface area contributed by atoms with Crippen LogP contribution in [-0.2, 0) is 14.4 Å². The van der Waals surface area contributed by atoms with Crippen LogP contribution in [0.4, 0.5) is 4.79 Å². The van der Waals surface area contributed by atoms with Gasteiger partial charge in [-0.1, -0.05) is 38.0 Å². The van der Waals surface area contributed by atoms with E-state index in [-0.39, 0.29) is 11.1 Å². The second-order valence-electron chi connectivity index (χ2n) is 8.31. The molecule has 3 amide bonds. The summed E-state index contributed by atoms with van der Waals surface area (Å²) in [5.74, 6) is -2.40. The molecule has 0 aromatic heterocycles. The van der Waals surface area contributed by atoms with Crippen molar-refractivity contribution in [3.63, 3.8) is 0 Å². The first-order valence-corrected chi connectivity index (χ1v) is 8.50. The van der Waals surface area contributed by atoms with Crippen LogP contribution in [0.5, 0.6) is 0 Å². The summed E-state index contributed by atoms with van der Waals surface area (Å²) in [4.78, 5) is 54.5. The molecule has 0 spiro atoms. The SMILES string of the molecule is CC(C)(C)OC(=O)N[C@@H](C(=O)ON1C(=O)c2ccccc2C1=O)C(C)(C)C. The molecule has 1 aliphatic heterocycles. The van der Waals surface area contributed by atoms with Crippen molar-refractivity contribution in [3.05, 3.63) is 35.4 Å². The van der Waals surface area contributed by atoms with Crippen LogP contribution in [0.1, 0.15) is 62.3 Å². The molecule has 1 heterocycles. The quantitative estimate of drug-likeness (QED) is 0.814. The number of hydrogen-bond acceptors (Lipinski definition) is 6. The summed E-state index contributed by atoms with van der Waals surface area (Å²) in [5, 5.41) is 2.87. The van der Waals surface area contributed by atoms with Gasteiger partial charge in [-0.3, -0.25) is 9.59 Å². The van der Waals surface area contributed by atoms with E-state index in [1.165, 1.54) is 12.1 Å². The first-order chi connectivity index (χ1) is 12.3. The predicted molar refractivity (Wildman–Crippen MR) is 95.6 cm³/mol. The van der Waals surface area contributed by atoms with Gasteiger partial charge in [0.25, 0.3) is 11.8 Å². The summed E-state index contributed by atoms with van der Waals surface area (Å²) in [7, 11) is 0. The number of carbonyl (C=O) groups excluding carboxylic acids is 4. The third kappa shape index (κ3) is 4.64. The van der Waals surface area contributed by atoms with Crippen molar-refractivity contribution in [3.8, 4) is 0 Å². The van der Waals surface area contributed by atoms with Crippen molar-refractivity contribution in [2.75, 3.05) is 0 Å². The second-order valence-corrected chi connectivity index (χ2v) is 8.31. The van der Waals surface area contributed by atoms with Crippen LogP contribution < -0.4 is 5.32 Å². The van der Waals surface area contributed by atoms with Gasteiger partial charge in [-0.25, -0.2) is 9.59 Å². The van der Waals surface area contributed by atoms with Crippen LogP contribution in [0, 0.1) is 5.41 Å². The maximum absolute atomic E-state index is 12.7. The van der Waals surface area contributed by atoms with Crippen LogP contribution in [0.15, 0.2) is 24.3 Å². The van der Waals surface area contributed by atoms with Crippen LogP contribution in [-0.4, -0.2) is 40.6 Å². The average Bonchev–Trinajstić information content (AvgIpc) is 2.75. The lowest BCUT2D eigenvalue weighted by molar-refractivity contribution is -0.174. The fourth-order valence-corrected chi connectivity index (χ4v) is 2.45. The maximum atomic E-state index is 12.7. The highest BCUT2D eigenvalue weighted by molar-refractivity contribution is 6.20. The minimum Gasteiger partial charge on any atom is -0.444 e. The lowest BCUT2D eigenvalue weighted by atomic mass is 9.87. The van der Waals surface area contributed by atoms with E-state index in [1.807, 2.05) is 0 Å². The molecule has 0 aliphatic carbocycles. The smallest absolute Gasteiger partial charge is 0.408 e. The zero-order chi connectivity index (χ0) is 20.6. The van der Waals surface area contributed by atoms with Gasteiger partial charge in [0.15, 0.2) is 0 Å². The number of amides is 3. The molecule has 0 saturated carbocycles. The van der Waals surface area contributed by atoms with Gasteiger partial charge in [0, 0.05) is 0 Å². The Morgan fingerprint density at radius 2 is 1.44 bits per heavy atom. The molecule has 1 aliphatic rings. The van der Waals surface area contributed by atoms with Gasteiger partial charge in [-0.15, -0.1) is 0 Å². The molecule has 0 radical (unpaired) electrons. The Kier molecular flexibility index (Phi) is 5.30. The van der Waals surface area contributed by atoms with E-state index < -0.39 is 40.9 Å². The summed E-state index contributed by atoms with van der Waals surface area (Å²) in [6, 6.07) is 5.03. The van der Waals surface area contributed by atoms with Gasteiger partial charge in [-0.05, 0) is 38.3 Å². The Morgan fingerprint density at radius 1 is 0.963 bits per heavy atom. The molecule has 1 aromatic rings. The summed E-state index contributed by atoms with van der Waals surface area (Å²) in [6.07, 6.45) is -0.804. The summed E-state index contributed by atoms with van der Waals surface area (Å²) < 4.78 is 5.17. The molecule has 0 saturated heterocycles. The normalized spacial score (nSPS) is 15.3. The van der Waals surface area contributed by atoms with Crippen molar-refractivity contribution in [1.82, 2.24) is 10.4 Å². The molecule has 1 N–H and O–H groups in total. The number of hydrogen-bond donors (Lipinski definition) is 1. The van der Waals surface area contributed by atoms with Crippen LogP contribution in [0.2, 0.25) is 0 Å². The largest absolute Gasteiger partial charge is 0.444 e. The van der Waals surface area contributed by atoms with Crippen LogP contribution in [0.3, 0.4) is 0 Å². The third-order valence-electron chi connectivity index (χ3n) is 3.70. The topological polar surface area (TPSA) is 102 Å². The molecule has 0 bridgehead atoms. The second kappa shape index (κ2) is 7.02. The molecule has 1 aromatic carbocycles. The molecule has 1 atom stereocenters. The van der Waals surface area contributed by atoms with E-state index in [1.54, 1.807) is 53.7 Å². The predicted octanol–water partition coefficient (Wildman–Crippen LogP) is 2.68. The number of benzene rings is 1. The number of hydroxylamine groups is 2. The van der Waals surface area contributed by atoms with Crippen LogP contribution >= 0.6 is 0 Å². The van der Waals surface area contributed by atoms with E-state index in [0.717, 1.165) is 0 Å². The van der Waals surface area contributed by atoms with Crippen molar-refractivity contribution >= 4 is 23.9 Å². The zero-order valence-electron chi connectivity index (χ0n) is 16.3. The number of rotatable bonds is 3. The molecular weight excluding hydrogens is 352 g/mol.